The molecule has 0 aliphatic carbocycles. The van der Waals surface area contributed by atoms with E-state index in [1.54, 1.807) is 0 Å². The van der Waals surface area contributed by atoms with Crippen LogP contribution in [0.5, 0.6) is 0 Å². The van der Waals surface area contributed by atoms with E-state index in [9.17, 15) is 22.0 Å². The lowest BCUT2D eigenvalue weighted by atomic mass is 10.1. The molecule has 0 saturated carbocycles. The minimum atomic E-state index is -4.66. The summed E-state index contributed by atoms with van der Waals surface area (Å²) in [6.45, 7) is 0. The van der Waals surface area contributed by atoms with Crippen molar-refractivity contribution in [2.45, 2.75) is 6.18 Å². The molecule has 0 bridgehead atoms. The van der Waals surface area contributed by atoms with Gasteiger partial charge in [-0.15, -0.1) is 0 Å². The fourth-order valence-electron chi connectivity index (χ4n) is 1.53. The van der Waals surface area contributed by atoms with Gasteiger partial charge < -0.3 is 5.73 Å². The summed E-state index contributed by atoms with van der Waals surface area (Å²) in [6, 6.07) is 2.71. The molecule has 2 nitrogen and oxygen atoms in total. The average Bonchev–Trinajstić information content (AvgIpc) is 2.28. The molecule has 19 heavy (non-hydrogen) atoms. The first-order valence-corrected chi connectivity index (χ1v) is 5.07. The Bertz CT molecular complexity index is 622. The minimum Gasteiger partial charge on any atom is -0.397 e. The summed E-state index contributed by atoms with van der Waals surface area (Å²) in [5.41, 5.74) is 3.42. The van der Waals surface area contributed by atoms with Crippen LogP contribution in [0.15, 0.2) is 30.5 Å². The van der Waals surface area contributed by atoms with Gasteiger partial charge in [0.1, 0.15) is 11.5 Å². The number of benzene rings is 1. The molecule has 0 aliphatic rings. The highest BCUT2D eigenvalue weighted by molar-refractivity contribution is 5.62. The van der Waals surface area contributed by atoms with Crippen LogP contribution >= 0.6 is 0 Å². The van der Waals surface area contributed by atoms with E-state index in [0.717, 1.165) is 18.3 Å². The summed E-state index contributed by atoms with van der Waals surface area (Å²) < 4.78 is 64.2. The smallest absolute Gasteiger partial charge is 0.397 e. The number of nitrogen functional groups attached to an aromatic ring is 1. The van der Waals surface area contributed by atoms with Gasteiger partial charge in [0, 0.05) is 11.6 Å². The maximum absolute atomic E-state index is 13.6. The first kappa shape index (κ1) is 13.3. The van der Waals surface area contributed by atoms with E-state index in [1.807, 2.05) is 0 Å². The van der Waals surface area contributed by atoms with Crippen molar-refractivity contribution in [3.63, 3.8) is 0 Å². The number of hydrogen-bond donors (Lipinski definition) is 1. The van der Waals surface area contributed by atoms with Gasteiger partial charge >= 0.3 is 6.18 Å². The number of nitrogens with zero attached hydrogens (tertiary/aromatic N) is 1. The van der Waals surface area contributed by atoms with E-state index in [1.165, 1.54) is 0 Å². The molecule has 1 aromatic carbocycles. The predicted octanol–water partition coefficient (Wildman–Crippen LogP) is 3.63. The zero-order chi connectivity index (χ0) is 14.2. The number of nitrogens with two attached hydrogens (primary N) is 1. The monoisotopic (exact) mass is 274 g/mol. The molecule has 0 aliphatic heterocycles. The molecule has 2 aromatic rings. The Balaban J connectivity index is 2.52. The fourth-order valence-corrected chi connectivity index (χ4v) is 1.53. The van der Waals surface area contributed by atoms with Gasteiger partial charge in [-0.05, 0) is 18.2 Å². The van der Waals surface area contributed by atoms with E-state index in [4.69, 9.17) is 5.73 Å². The number of alkyl halides is 3. The van der Waals surface area contributed by atoms with Gasteiger partial charge in [0.2, 0.25) is 0 Å². The number of pyridine rings is 1. The Labute approximate surface area is 104 Å². The van der Waals surface area contributed by atoms with E-state index >= 15 is 0 Å². The van der Waals surface area contributed by atoms with Crippen LogP contribution in [0.25, 0.3) is 11.3 Å². The van der Waals surface area contributed by atoms with E-state index in [2.05, 4.69) is 4.98 Å². The molecule has 0 radical (unpaired) electrons. The van der Waals surface area contributed by atoms with Gasteiger partial charge in [-0.3, -0.25) is 4.98 Å². The van der Waals surface area contributed by atoms with Crippen molar-refractivity contribution in [2.24, 2.45) is 0 Å². The van der Waals surface area contributed by atoms with Crippen LogP contribution in [0.4, 0.5) is 27.6 Å². The highest BCUT2D eigenvalue weighted by atomic mass is 19.4. The van der Waals surface area contributed by atoms with Crippen molar-refractivity contribution < 1.29 is 22.0 Å². The number of rotatable bonds is 1. The van der Waals surface area contributed by atoms with E-state index in [-0.39, 0.29) is 16.9 Å². The Kier molecular flexibility index (Phi) is 3.13. The summed E-state index contributed by atoms with van der Waals surface area (Å²) in [6.07, 6.45) is -3.57. The molecule has 0 atom stereocenters. The van der Waals surface area contributed by atoms with Crippen molar-refractivity contribution in [3.05, 3.63) is 47.7 Å². The Morgan fingerprint density at radius 3 is 2.21 bits per heavy atom. The minimum absolute atomic E-state index is 0.0357. The lowest BCUT2D eigenvalue weighted by Crippen LogP contribution is -2.06. The predicted molar refractivity (Wildman–Crippen MR) is 59.0 cm³/mol. The van der Waals surface area contributed by atoms with Gasteiger partial charge in [0.25, 0.3) is 0 Å². The quantitative estimate of drug-likeness (QED) is 0.806. The highest BCUT2D eigenvalue weighted by Crippen LogP contribution is 2.33. The van der Waals surface area contributed by atoms with Gasteiger partial charge in [0.15, 0.2) is 5.82 Å². The lowest BCUT2D eigenvalue weighted by Gasteiger charge is -2.09. The molecular formula is C12H7F5N2. The molecule has 1 aromatic heterocycles. The van der Waals surface area contributed by atoms with E-state index < -0.39 is 23.4 Å². The van der Waals surface area contributed by atoms with Crippen molar-refractivity contribution in [3.8, 4) is 11.3 Å². The first-order chi connectivity index (χ1) is 8.79. The molecule has 0 spiro atoms. The molecule has 2 N–H and O–H groups in total. The molecule has 1 heterocycles. The normalized spacial score (nSPS) is 11.6. The SMILES string of the molecule is Nc1cnc(-c2ccc(C(F)(F)F)cc2F)c(F)c1. The van der Waals surface area contributed by atoms with Crippen LogP contribution in [-0.4, -0.2) is 4.98 Å². The van der Waals surface area contributed by atoms with Gasteiger partial charge in [-0.1, -0.05) is 0 Å². The van der Waals surface area contributed by atoms with E-state index in [0.29, 0.717) is 12.1 Å². The number of halogens is 5. The second-order valence-electron chi connectivity index (χ2n) is 3.79. The summed E-state index contributed by atoms with van der Waals surface area (Å²) in [7, 11) is 0. The Morgan fingerprint density at radius 2 is 1.68 bits per heavy atom. The molecular weight excluding hydrogens is 267 g/mol. The van der Waals surface area contributed by atoms with Gasteiger partial charge in [0.05, 0.1) is 17.4 Å². The summed E-state index contributed by atoms with van der Waals surface area (Å²) in [4.78, 5) is 3.58. The number of hydrogen-bond acceptors (Lipinski definition) is 2. The standard InChI is InChI=1S/C12H7F5N2/c13-9-3-6(12(15,16)17)1-2-8(9)11-10(14)4-7(18)5-19-11/h1-5H,18H2. The molecule has 2 rings (SSSR count). The summed E-state index contributed by atoms with van der Waals surface area (Å²) >= 11 is 0. The zero-order valence-electron chi connectivity index (χ0n) is 9.30. The van der Waals surface area contributed by atoms with Crippen molar-refractivity contribution in [1.29, 1.82) is 0 Å². The number of aromatic nitrogens is 1. The second-order valence-corrected chi connectivity index (χ2v) is 3.79. The Hall–Kier alpha value is -2.18. The van der Waals surface area contributed by atoms with Crippen LogP contribution in [0, 0.1) is 11.6 Å². The van der Waals surface area contributed by atoms with Crippen LogP contribution in [0.1, 0.15) is 5.56 Å². The molecule has 7 heteroatoms. The summed E-state index contributed by atoms with van der Waals surface area (Å²) in [5, 5.41) is 0. The highest BCUT2D eigenvalue weighted by Gasteiger charge is 2.31. The molecule has 0 saturated heterocycles. The van der Waals surface area contributed by atoms with Crippen molar-refractivity contribution >= 4 is 5.69 Å². The number of anilines is 1. The van der Waals surface area contributed by atoms with Crippen LogP contribution in [0.3, 0.4) is 0 Å². The summed E-state index contributed by atoms with van der Waals surface area (Å²) in [5.74, 6) is -2.11. The van der Waals surface area contributed by atoms with Gasteiger partial charge in [-0.25, -0.2) is 8.78 Å². The largest absolute Gasteiger partial charge is 0.416 e. The molecule has 0 fully saturated rings. The van der Waals surface area contributed by atoms with Crippen LogP contribution in [-0.2, 0) is 6.18 Å². The topological polar surface area (TPSA) is 38.9 Å². The van der Waals surface area contributed by atoms with Gasteiger partial charge in [-0.2, -0.15) is 13.2 Å². The second kappa shape index (κ2) is 4.49. The molecule has 0 amide bonds. The lowest BCUT2D eigenvalue weighted by molar-refractivity contribution is -0.137. The Morgan fingerprint density at radius 1 is 1.00 bits per heavy atom. The molecule has 0 unspecified atom stereocenters. The third-order valence-corrected chi connectivity index (χ3v) is 2.41. The zero-order valence-corrected chi connectivity index (χ0v) is 9.30. The maximum atomic E-state index is 13.6. The third-order valence-electron chi connectivity index (χ3n) is 2.41. The van der Waals surface area contributed by atoms with Crippen LogP contribution < -0.4 is 5.73 Å². The van der Waals surface area contributed by atoms with Crippen molar-refractivity contribution in [2.75, 3.05) is 5.73 Å². The van der Waals surface area contributed by atoms with Crippen LogP contribution in [0.2, 0.25) is 0 Å². The first-order valence-electron chi connectivity index (χ1n) is 5.07. The van der Waals surface area contributed by atoms with Crippen molar-refractivity contribution in [1.82, 2.24) is 4.98 Å². The fraction of sp³-hybridized carbons (Fsp3) is 0.0833. The maximum Gasteiger partial charge on any atom is 0.416 e. The third kappa shape index (κ3) is 2.64. The average molecular weight is 274 g/mol. The molecule has 100 valence electrons.